The lowest BCUT2D eigenvalue weighted by molar-refractivity contribution is 0.0999. The van der Waals surface area contributed by atoms with Gasteiger partial charge in [-0.3, -0.25) is 9.59 Å². The monoisotopic (exact) mass is 419 g/mol. The van der Waals surface area contributed by atoms with E-state index in [2.05, 4.69) is 5.32 Å². The van der Waals surface area contributed by atoms with Crippen LogP contribution in [0.5, 0.6) is 11.5 Å². The molecule has 3 amide bonds. The highest BCUT2D eigenvalue weighted by molar-refractivity contribution is 7.17. The fourth-order valence-electron chi connectivity index (χ4n) is 3.15. The molecule has 0 radical (unpaired) electrons. The van der Waals surface area contributed by atoms with E-state index in [0.29, 0.717) is 35.0 Å². The Balaban J connectivity index is 1.92. The van der Waals surface area contributed by atoms with Crippen LogP contribution >= 0.6 is 11.3 Å². The molecule has 0 saturated heterocycles. The first-order valence-corrected chi connectivity index (χ1v) is 9.51. The molecule has 2 heterocycles. The standard InChI is InChI=1S/C19H21N3O6S/c1-26-11-6-10(7-12(8-11)27-2)17(24)21-18-15(16(20)23)13-4-5-22(19(25)28-3)9-14(13)29-18/h6-8H,4-5,9H2,1-3H3,(H2,20,23)(H,21,24). The number of anilines is 1. The van der Waals surface area contributed by atoms with Crippen LogP contribution in [0.1, 0.15) is 31.2 Å². The smallest absolute Gasteiger partial charge is 0.409 e. The number of hydrogen-bond donors (Lipinski definition) is 2. The number of carbonyl (C=O) groups excluding carboxylic acids is 3. The van der Waals surface area contributed by atoms with E-state index in [1.807, 2.05) is 0 Å². The Bertz CT molecular complexity index is 949. The van der Waals surface area contributed by atoms with E-state index in [0.717, 1.165) is 10.4 Å². The second-order valence-electron chi connectivity index (χ2n) is 6.27. The molecule has 3 N–H and O–H groups in total. The van der Waals surface area contributed by atoms with Gasteiger partial charge < -0.3 is 30.2 Å². The second kappa shape index (κ2) is 8.39. The summed E-state index contributed by atoms with van der Waals surface area (Å²) >= 11 is 1.22. The van der Waals surface area contributed by atoms with Crippen LogP contribution in [0.3, 0.4) is 0 Å². The maximum atomic E-state index is 12.8. The van der Waals surface area contributed by atoms with Gasteiger partial charge in [0.15, 0.2) is 0 Å². The van der Waals surface area contributed by atoms with Crippen LogP contribution in [0.4, 0.5) is 9.80 Å². The van der Waals surface area contributed by atoms with Gasteiger partial charge in [0.05, 0.1) is 33.4 Å². The van der Waals surface area contributed by atoms with Gasteiger partial charge in [0.25, 0.3) is 11.8 Å². The number of fused-ring (bicyclic) bond motifs is 1. The topological polar surface area (TPSA) is 120 Å². The molecule has 0 saturated carbocycles. The summed E-state index contributed by atoms with van der Waals surface area (Å²) < 4.78 is 15.1. The van der Waals surface area contributed by atoms with Crippen molar-refractivity contribution in [2.24, 2.45) is 5.73 Å². The molecule has 1 aliphatic rings. The molecule has 2 aromatic rings. The number of rotatable bonds is 5. The quantitative estimate of drug-likeness (QED) is 0.767. The van der Waals surface area contributed by atoms with Gasteiger partial charge in [-0.05, 0) is 24.1 Å². The summed E-state index contributed by atoms with van der Waals surface area (Å²) in [6, 6.07) is 4.78. The largest absolute Gasteiger partial charge is 0.497 e. The fourth-order valence-corrected chi connectivity index (χ4v) is 4.41. The molecule has 1 aromatic heterocycles. The highest BCUT2D eigenvalue weighted by Crippen LogP contribution is 2.37. The predicted octanol–water partition coefficient (Wildman–Crippen LogP) is 2.24. The molecule has 0 bridgehead atoms. The molecule has 29 heavy (non-hydrogen) atoms. The third-order valence-electron chi connectivity index (χ3n) is 4.58. The van der Waals surface area contributed by atoms with Gasteiger partial charge in [0, 0.05) is 23.1 Å². The predicted molar refractivity (Wildman–Crippen MR) is 107 cm³/mol. The zero-order chi connectivity index (χ0) is 21.1. The van der Waals surface area contributed by atoms with Crippen molar-refractivity contribution in [2.75, 3.05) is 33.2 Å². The Hall–Kier alpha value is -3.27. The van der Waals surface area contributed by atoms with Crippen molar-refractivity contribution in [3.8, 4) is 11.5 Å². The number of nitrogens with zero attached hydrogens (tertiary/aromatic N) is 1. The van der Waals surface area contributed by atoms with E-state index in [9.17, 15) is 14.4 Å². The van der Waals surface area contributed by atoms with Crippen molar-refractivity contribution in [3.63, 3.8) is 0 Å². The molecular formula is C19H21N3O6S. The van der Waals surface area contributed by atoms with E-state index < -0.39 is 17.9 Å². The van der Waals surface area contributed by atoms with E-state index >= 15 is 0 Å². The number of nitrogens with one attached hydrogen (secondary N) is 1. The Kier molecular flexibility index (Phi) is 5.92. The number of ether oxygens (including phenoxy) is 3. The van der Waals surface area contributed by atoms with E-state index in [1.165, 1.54) is 37.6 Å². The highest BCUT2D eigenvalue weighted by Gasteiger charge is 2.30. The third-order valence-corrected chi connectivity index (χ3v) is 5.71. The summed E-state index contributed by atoms with van der Waals surface area (Å²) in [5, 5.41) is 3.11. The van der Waals surface area contributed by atoms with E-state index in [-0.39, 0.29) is 12.1 Å². The number of amides is 3. The van der Waals surface area contributed by atoms with Crippen LogP contribution in [-0.4, -0.2) is 50.7 Å². The highest BCUT2D eigenvalue weighted by atomic mass is 32.1. The summed E-state index contributed by atoms with van der Waals surface area (Å²) in [6.45, 7) is 0.687. The first-order chi connectivity index (χ1) is 13.9. The average molecular weight is 419 g/mol. The van der Waals surface area contributed by atoms with Gasteiger partial charge >= 0.3 is 6.09 Å². The number of carbonyl (C=O) groups is 3. The molecule has 1 aliphatic heterocycles. The minimum absolute atomic E-state index is 0.276. The van der Waals surface area contributed by atoms with Crippen LogP contribution < -0.4 is 20.5 Å². The van der Waals surface area contributed by atoms with Crippen LogP contribution in [0.15, 0.2) is 18.2 Å². The maximum absolute atomic E-state index is 12.8. The molecule has 9 nitrogen and oxygen atoms in total. The zero-order valence-electron chi connectivity index (χ0n) is 16.2. The van der Waals surface area contributed by atoms with Gasteiger partial charge in [-0.1, -0.05) is 0 Å². The molecule has 0 spiro atoms. The zero-order valence-corrected chi connectivity index (χ0v) is 17.1. The van der Waals surface area contributed by atoms with E-state index in [4.69, 9.17) is 19.9 Å². The summed E-state index contributed by atoms with van der Waals surface area (Å²) in [5.41, 5.74) is 6.91. The molecule has 0 atom stereocenters. The minimum atomic E-state index is -0.632. The molecule has 3 rings (SSSR count). The lowest BCUT2D eigenvalue weighted by Gasteiger charge is -2.25. The summed E-state index contributed by atoms with van der Waals surface area (Å²) in [5.74, 6) is -0.145. The summed E-state index contributed by atoms with van der Waals surface area (Å²) in [6.07, 6.45) is 0.000873. The molecule has 0 unspecified atom stereocenters. The SMILES string of the molecule is COC(=O)N1CCc2c(sc(NC(=O)c3cc(OC)cc(OC)c3)c2C(N)=O)C1. The molecule has 1 aromatic carbocycles. The number of benzene rings is 1. The number of thiophene rings is 1. The van der Waals surface area contributed by atoms with Crippen molar-refractivity contribution < 1.29 is 28.6 Å². The van der Waals surface area contributed by atoms with Crippen LogP contribution in [0.2, 0.25) is 0 Å². The molecule has 0 fully saturated rings. The third kappa shape index (κ3) is 4.11. The number of methoxy groups -OCH3 is 3. The fraction of sp³-hybridized carbons (Fsp3) is 0.316. The molecule has 154 valence electrons. The maximum Gasteiger partial charge on any atom is 0.409 e. The van der Waals surface area contributed by atoms with Gasteiger partial charge in [0.2, 0.25) is 0 Å². The van der Waals surface area contributed by atoms with Crippen LogP contribution in [-0.2, 0) is 17.7 Å². The molecular weight excluding hydrogens is 398 g/mol. The number of hydrogen-bond acceptors (Lipinski definition) is 7. The van der Waals surface area contributed by atoms with Crippen LogP contribution in [0, 0.1) is 0 Å². The Morgan fingerprint density at radius 3 is 2.31 bits per heavy atom. The first kappa shape index (κ1) is 20.5. The van der Waals surface area contributed by atoms with E-state index in [1.54, 1.807) is 18.2 Å². The minimum Gasteiger partial charge on any atom is -0.497 e. The summed E-state index contributed by atoms with van der Waals surface area (Å²) in [4.78, 5) is 39.0. The number of nitrogens with two attached hydrogens (primary N) is 1. The van der Waals surface area contributed by atoms with Crippen molar-refractivity contribution in [2.45, 2.75) is 13.0 Å². The Morgan fingerprint density at radius 1 is 1.10 bits per heavy atom. The second-order valence-corrected chi connectivity index (χ2v) is 7.37. The van der Waals surface area contributed by atoms with Crippen molar-refractivity contribution >= 4 is 34.2 Å². The van der Waals surface area contributed by atoms with Crippen molar-refractivity contribution in [1.82, 2.24) is 4.90 Å². The molecule has 0 aliphatic carbocycles. The van der Waals surface area contributed by atoms with Gasteiger partial charge in [-0.25, -0.2) is 4.79 Å². The van der Waals surface area contributed by atoms with Gasteiger partial charge in [-0.2, -0.15) is 0 Å². The summed E-state index contributed by atoms with van der Waals surface area (Å²) in [7, 11) is 4.29. The van der Waals surface area contributed by atoms with Crippen molar-refractivity contribution in [3.05, 3.63) is 39.8 Å². The number of primary amides is 1. The lowest BCUT2D eigenvalue weighted by atomic mass is 10.0. The van der Waals surface area contributed by atoms with Crippen molar-refractivity contribution in [1.29, 1.82) is 0 Å². The van der Waals surface area contributed by atoms with Gasteiger partial charge in [0.1, 0.15) is 16.5 Å². The first-order valence-electron chi connectivity index (χ1n) is 8.69. The van der Waals surface area contributed by atoms with Gasteiger partial charge in [-0.15, -0.1) is 11.3 Å². The molecule has 10 heteroatoms. The average Bonchev–Trinajstić information content (AvgIpc) is 3.09. The Morgan fingerprint density at radius 2 is 1.76 bits per heavy atom. The Labute approximate surface area is 171 Å². The van der Waals surface area contributed by atoms with Crippen LogP contribution in [0.25, 0.3) is 0 Å². The lowest BCUT2D eigenvalue weighted by Crippen LogP contribution is -2.35. The normalized spacial score (nSPS) is 12.7.